The Morgan fingerprint density at radius 1 is 1.33 bits per heavy atom. The third-order valence-corrected chi connectivity index (χ3v) is 3.74. The molecular weight excluding hydrogens is 276 g/mol. The van der Waals surface area contributed by atoms with Crippen molar-refractivity contribution in [3.8, 4) is 11.5 Å². The number of hydrogen-bond donors (Lipinski definition) is 2. The van der Waals surface area contributed by atoms with Crippen LogP contribution in [0.2, 0.25) is 0 Å². The van der Waals surface area contributed by atoms with Crippen molar-refractivity contribution in [1.82, 2.24) is 0 Å². The Balaban J connectivity index is 2.46. The number of carbonyl (C=O) groups is 2. The molecule has 1 aromatic carbocycles. The fraction of sp³-hybridized carbons (Fsp3) is 0.467. The zero-order chi connectivity index (χ0) is 15.6. The van der Waals surface area contributed by atoms with Crippen molar-refractivity contribution in [2.45, 2.75) is 25.2 Å². The van der Waals surface area contributed by atoms with Gasteiger partial charge in [-0.2, -0.15) is 0 Å². The lowest BCUT2D eigenvalue weighted by molar-refractivity contribution is -0.137. The van der Waals surface area contributed by atoms with Crippen molar-refractivity contribution in [1.29, 1.82) is 0 Å². The summed E-state index contributed by atoms with van der Waals surface area (Å²) >= 11 is 0. The topological polar surface area (TPSA) is 93.1 Å². The first-order valence-corrected chi connectivity index (χ1v) is 6.69. The highest BCUT2D eigenvalue weighted by Gasteiger charge is 2.36. The molecule has 0 amide bonds. The standard InChI is InChI=1S/C15H18O6/c1-20-13-7-12(16)10(5-11(13)15(19)21-2)9(6-14(17)18)8-3-4-8/h5,7-9,16H,3-4,6H2,1-2H3,(H,17,18). The fourth-order valence-corrected chi connectivity index (χ4v) is 2.54. The summed E-state index contributed by atoms with van der Waals surface area (Å²) in [4.78, 5) is 22.8. The van der Waals surface area contributed by atoms with Gasteiger partial charge in [0.2, 0.25) is 0 Å². The summed E-state index contributed by atoms with van der Waals surface area (Å²) in [7, 11) is 2.64. The van der Waals surface area contributed by atoms with Crippen LogP contribution in [0.3, 0.4) is 0 Å². The van der Waals surface area contributed by atoms with Crippen LogP contribution in [-0.2, 0) is 9.53 Å². The maximum Gasteiger partial charge on any atom is 0.341 e. The predicted octanol–water partition coefficient (Wildman–Crippen LogP) is 2.16. The maximum absolute atomic E-state index is 11.8. The third kappa shape index (κ3) is 3.26. The molecule has 2 rings (SSSR count). The molecule has 1 fully saturated rings. The lowest BCUT2D eigenvalue weighted by atomic mass is 9.89. The predicted molar refractivity (Wildman–Crippen MR) is 73.7 cm³/mol. The van der Waals surface area contributed by atoms with Gasteiger partial charge in [-0.15, -0.1) is 0 Å². The first-order valence-electron chi connectivity index (χ1n) is 6.69. The number of phenols is 1. The third-order valence-electron chi connectivity index (χ3n) is 3.74. The zero-order valence-electron chi connectivity index (χ0n) is 12.0. The number of ether oxygens (including phenoxy) is 2. The van der Waals surface area contributed by atoms with Crippen molar-refractivity contribution in [3.63, 3.8) is 0 Å². The number of hydrogen-bond acceptors (Lipinski definition) is 5. The summed E-state index contributed by atoms with van der Waals surface area (Å²) in [6, 6.07) is 2.81. The number of rotatable bonds is 6. The van der Waals surface area contributed by atoms with E-state index < -0.39 is 11.9 Å². The molecule has 1 atom stereocenters. The Kier molecular flexibility index (Phi) is 4.35. The summed E-state index contributed by atoms with van der Waals surface area (Å²) < 4.78 is 9.76. The smallest absolute Gasteiger partial charge is 0.341 e. The molecular formula is C15H18O6. The van der Waals surface area contributed by atoms with Crippen LogP contribution >= 0.6 is 0 Å². The number of carboxylic acids is 1. The highest BCUT2D eigenvalue weighted by molar-refractivity contribution is 5.93. The average molecular weight is 294 g/mol. The molecule has 1 aliphatic carbocycles. The minimum absolute atomic E-state index is 0.0577. The van der Waals surface area contributed by atoms with E-state index in [9.17, 15) is 14.7 Å². The Morgan fingerprint density at radius 2 is 2.00 bits per heavy atom. The normalized spacial score (nSPS) is 15.3. The van der Waals surface area contributed by atoms with Crippen molar-refractivity contribution in [2.75, 3.05) is 14.2 Å². The molecule has 0 aromatic heterocycles. The van der Waals surface area contributed by atoms with E-state index in [4.69, 9.17) is 14.6 Å². The highest BCUT2D eigenvalue weighted by Crippen LogP contribution is 2.48. The molecule has 1 aromatic rings. The minimum atomic E-state index is -0.929. The van der Waals surface area contributed by atoms with Crippen molar-refractivity contribution >= 4 is 11.9 Å². The Labute approximate surface area is 122 Å². The van der Waals surface area contributed by atoms with Gasteiger partial charge < -0.3 is 19.7 Å². The fourth-order valence-electron chi connectivity index (χ4n) is 2.54. The molecule has 0 radical (unpaired) electrons. The molecule has 0 bridgehead atoms. The minimum Gasteiger partial charge on any atom is -0.508 e. The van der Waals surface area contributed by atoms with E-state index in [0.717, 1.165) is 12.8 Å². The van der Waals surface area contributed by atoms with E-state index >= 15 is 0 Å². The molecule has 0 spiro atoms. The Hall–Kier alpha value is -2.24. The van der Waals surface area contributed by atoms with Crippen LogP contribution in [0.1, 0.15) is 41.1 Å². The van der Waals surface area contributed by atoms with Crippen molar-refractivity contribution in [2.24, 2.45) is 5.92 Å². The maximum atomic E-state index is 11.8. The van der Waals surface area contributed by atoms with Crippen LogP contribution in [0.25, 0.3) is 0 Å². The van der Waals surface area contributed by atoms with Gasteiger partial charge in [0.15, 0.2) is 0 Å². The molecule has 0 aliphatic heterocycles. The molecule has 6 heteroatoms. The van der Waals surface area contributed by atoms with E-state index in [1.54, 1.807) is 0 Å². The molecule has 114 valence electrons. The van der Waals surface area contributed by atoms with Gasteiger partial charge in [0.1, 0.15) is 17.1 Å². The van der Waals surface area contributed by atoms with Gasteiger partial charge in [0, 0.05) is 12.0 Å². The molecule has 1 aliphatic rings. The lowest BCUT2D eigenvalue weighted by Gasteiger charge is -2.18. The monoisotopic (exact) mass is 294 g/mol. The molecule has 1 saturated carbocycles. The number of benzene rings is 1. The van der Waals surface area contributed by atoms with Gasteiger partial charge >= 0.3 is 11.9 Å². The number of aromatic hydroxyl groups is 1. The van der Waals surface area contributed by atoms with Gasteiger partial charge in [-0.1, -0.05) is 0 Å². The molecule has 0 saturated heterocycles. The first-order chi connectivity index (χ1) is 9.97. The van der Waals surface area contributed by atoms with Crippen LogP contribution < -0.4 is 4.74 Å². The molecule has 21 heavy (non-hydrogen) atoms. The van der Waals surface area contributed by atoms with E-state index in [2.05, 4.69) is 0 Å². The molecule has 2 N–H and O–H groups in total. The summed E-state index contributed by atoms with van der Waals surface area (Å²) in [5.41, 5.74) is 0.643. The van der Waals surface area contributed by atoms with Gasteiger partial charge in [0.25, 0.3) is 0 Å². The number of carbonyl (C=O) groups excluding carboxylic acids is 1. The van der Waals surface area contributed by atoms with E-state index in [0.29, 0.717) is 5.56 Å². The van der Waals surface area contributed by atoms with Gasteiger partial charge in [0.05, 0.1) is 20.6 Å². The second kappa shape index (κ2) is 6.03. The molecule has 0 heterocycles. The average Bonchev–Trinajstić information content (AvgIpc) is 3.28. The van der Waals surface area contributed by atoms with Crippen molar-refractivity contribution < 1.29 is 29.3 Å². The molecule has 6 nitrogen and oxygen atoms in total. The van der Waals surface area contributed by atoms with Crippen LogP contribution in [0.15, 0.2) is 12.1 Å². The second-order valence-corrected chi connectivity index (χ2v) is 5.14. The van der Waals surface area contributed by atoms with Crippen LogP contribution in [0.4, 0.5) is 0 Å². The SMILES string of the molecule is COC(=O)c1cc(C(CC(=O)O)C2CC2)c(O)cc1OC. The van der Waals surface area contributed by atoms with Gasteiger partial charge in [-0.05, 0) is 30.4 Å². The Bertz CT molecular complexity index is 562. The van der Waals surface area contributed by atoms with Gasteiger partial charge in [-0.25, -0.2) is 4.79 Å². The first kappa shape index (κ1) is 15.2. The van der Waals surface area contributed by atoms with E-state index in [1.165, 1.54) is 26.4 Å². The quantitative estimate of drug-likeness (QED) is 0.781. The Morgan fingerprint density at radius 3 is 2.48 bits per heavy atom. The number of esters is 1. The summed E-state index contributed by atoms with van der Waals surface area (Å²) in [5, 5.41) is 19.2. The second-order valence-electron chi connectivity index (χ2n) is 5.14. The molecule has 1 unspecified atom stereocenters. The highest BCUT2D eigenvalue weighted by atomic mass is 16.5. The van der Waals surface area contributed by atoms with E-state index in [-0.39, 0.29) is 35.3 Å². The summed E-state index contributed by atoms with van der Waals surface area (Å²) in [6.07, 6.45) is 1.78. The van der Waals surface area contributed by atoms with Crippen LogP contribution in [0, 0.1) is 5.92 Å². The zero-order valence-corrected chi connectivity index (χ0v) is 12.0. The van der Waals surface area contributed by atoms with Gasteiger partial charge in [-0.3, -0.25) is 4.79 Å². The number of carboxylic acid groups (broad SMARTS) is 1. The van der Waals surface area contributed by atoms with Crippen molar-refractivity contribution in [3.05, 3.63) is 23.3 Å². The number of phenolic OH excluding ortho intramolecular Hbond substituents is 1. The number of methoxy groups -OCH3 is 2. The van der Waals surface area contributed by atoms with Crippen LogP contribution in [-0.4, -0.2) is 36.4 Å². The largest absolute Gasteiger partial charge is 0.508 e. The van der Waals surface area contributed by atoms with Crippen LogP contribution in [0.5, 0.6) is 11.5 Å². The van der Waals surface area contributed by atoms with E-state index in [1.807, 2.05) is 0 Å². The lowest BCUT2D eigenvalue weighted by Crippen LogP contribution is -2.11. The summed E-state index contributed by atoms with van der Waals surface area (Å²) in [5.74, 6) is -1.45. The number of aliphatic carboxylic acids is 1. The summed E-state index contributed by atoms with van der Waals surface area (Å²) in [6.45, 7) is 0.